The van der Waals surface area contributed by atoms with Crippen LogP contribution >= 0.6 is 0 Å². The van der Waals surface area contributed by atoms with Crippen molar-refractivity contribution < 1.29 is 14.3 Å². The number of amides is 1. The maximum absolute atomic E-state index is 12.9. The third-order valence-electron chi connectivity index (χ3n) is 5.09. The van der Waals surface area contributed by atoms with Crippen LogP contribution in [-0.4, -0.2) is 48.9 Å². The van der Waals surface area contributed by atoms with Gasteiger partial charge in [0.25, 0.3) is 0 Å². The van der Waals surface area contributed by atoms with Gasteiger partial charge < -0.3 is 14.4 Å². The summed E-state index contributed by atoms with van der Waals surface area (Å²) in [5.74, 6) is 3.58. The van der Waals surface area contributed by atoms with E-state index >= 15 is 0 Å². The highest BCUT2D eigenvalue weighted by Crippen LogP contribution is 2.37. The number of terminal acetylenes is 1. The van der Waals surface area contributed by atoms with Gasteiger partial charge in [-0.15, -0.1) is 12.3 Å². The molecule has 1 aromatic carbocycles. The highest BCUT2D eigenvalue weighted by molar-refractivity contribution is 5.76. The van der Waals surface area contributed by atoms with Crippen LogP contribution in [0.2, 0.25) is 0 Å². The van der Waals surface area contributed by atoms with Gasteiger partial charge in [-0.1, -0.05) is 18.2 Å². The second kappa shape index (κ2) is 9.52. The number of nitrogens with zero attached hydrogens (tertiary/aromatic N) is 3. The van der Waals surface area contributed by atoms with E-state index < -0.39 is 5.66 Å². The first-order valence-corrected chi connectivity index (χ1v) is 9.65. The fourth-order valence-corrected chi connectivity index (χ4v) is 3.41. The second-order valence-corrected chi connectivity index (χ2v) is 6.98. The Morgan fingerprint density at radius 2 is 2.00 bits per heavy atom. The maximum Gasteiger partial charge on any atom is 0.223 e. The minimum atomic E-state index is -0.413. The fraction of sp³-hybridized carbons (Fsp3) is 0.571. The van der Waals surface area contributed by atoms with Gasteiger partial charge in [0.15, 0.2) is 5.66 Å². The lowest BCUT2D eigenvalue weighted by Crippen LogP contribution is -2.45. The van der Waals surface area contributed by atoms with Gasteiger partial charge in [0.05, 0.1) is 6.54 Å². The Kier molecular flexibility index (Phi) is 6.83. The first kappa shape index (κ1) is 19.4. The summed E-state index contributed by atoms with van der Waals surface area (Å²) in [6.45, 7) is 2.45. The molecule has 6 nitrogen and oxygen atoms in total. The van der Waals surface area contributed by atoms with E-state index in [4.69, 9.17) is 15.9 Å². The van der Waals surface area contributed by atoms with Crippen molar-refractivity contribution in [2.45, 2.75) is 50.2 Å². The molecular weight excluding hydrogens is 342 g/mol. The lowest BCUT2D eigenvalue weighted by atomic mass is 10.0. The topological polar surface area (TPSA) is 63.5 Å². The largest absolute Gasteiger partial charge is 0.492 e. The van der Waals surface area contributed by atoms with Crippen molar-refractivity contribution in [3.63, 3.8) is 0 Å². The van der Waals surface area contributed by atoms with E-state index in [0.29, 0.717) is 45.6 Å². The van der Waals surface area contributed by atoms with Crippen molar-refractivity contribution in [3.05, 3.63) is 30.3 Å². The van der Waals surface area contributed by atoms with Crippen LogP contribution in [0.25, 0.3) is 0 Å². The molecule has 0 saturated carbocycles. The number of rotatable bonds is 10. The molecule has 1 fully saturated rings. The summed E-state index contributed by atoms with van der Waals surface area (Å²) in [4.78, 5) is 14.9. The summed E-state index contributed by atoms with van der Waals surface area (Å²) in [6.07, 6.45) is 9.50. The number of hydrogen-bond acceptors (Lipinski definition) is 5. The number of benzene rings is 1. The molecule has 0 N–H and O–H groups in total. The Hall–Kier alpha value is -2.39. The van der Waals surface area contributed by atoms with Crippen LogP contribution in [-0.2, 0) is 9.53 Å². The Labute approximate surface area is 160 Å². The third-order valence-corrected chi connectivity index (χ3v) is 5.09. The molecule has 0 unspecified atom stereocenters. The van der Waals surface area contributed by atoms with Crippen LogP contribution in [0.3, 0.4) is 0 Å². The standard InChI is InChI=1S/C21H27N3O3/c1-2-3-12-21(22-23-21)13-9-20(25)24(18-10-15-26-16-11-18)14-17-27-19-7-5-4-6-8-19/h1,4-8,18H,3,9-17H2. The fourth-order valence-electron chi connectivity index (χ4n) is 3.41. The zero-order valence-corrected chi connectivity index (χ0v) is 15.7. The van der Waals surface area contributed by atoms with E-state index in [1.54, 1.807) is 0 Å². The minimum Gasteiger partial charge on any atom is -0.492 e. The molecule has 0 atom stereocenters. The van der Waals surface area contributed by atoms with Crippen molar-refractivity contribution in [1.82, 2.24) is 4.90 Å². The van der Waals surface area contributed by atoms with E-state index in [2.05, 4.69) is 16.1 Å². The van der Waals surface area contributed by atoms with Gasteiger partial charge in [-0.25, -0.2) is 0 Å². The summed E-state index contributed by atoms with van der Waals surface area (Å²) in [7, 11) is 0. The normalized spacial score (nSPS) is 17.9. The molecule has 1 aromatic rings. The summed E-state index contributed by atoms with van der Waals surface area (Å²) in [5, 5.41) is 8.26. The maximum atomic E-state index is 12.9. The molecule has 0 aromatic heterocycles. The third kappa shape index (κ3) is 5.80. The number of para-hydroxylation sites is 1. The minimum absolute atomic E-state index is 0.135. The monoisotopic (exact) mass is 369 g/mol. The van der Waals surface area contributed by atoms with E-state index in [9.17, 15) is 4.79 Å². The van der Waals surface area contributed by atoms with Crippen LogP contribution in [0.4, 0.5) is 0 Å². The molecule has 2 aliphatic heterocycles. The van der Waals surface area contributed by atoms with Crippen LogP contribution in [0.5, 0.6) is 5.75 Å². The molecule has 2 heterocycles. The highest BCUT2D eigenvalue weighted by Gasteiger charge is 2.40. The summed E-state index contributed by atoms with van der Waals surface area (Å²) < 4.78 is 11.3. The van der Waals surface area contributed by atoms with Gasteiger partial charge >= 0.3 is 0 Å². The molecule has 1 saturated heterocycles. The molecule has 0 radical (unpaired) electrons. The zero-order chi connectivity index (χ0) is 19.0. The van der Waals surface area contributed by atoms with Gasteiger partial charge in [-0.3, -0.25) is 4.79 Å². The molecule has 2 aliphatic rings. The lowest BCUT2D eigenvalue weighted by molar-refractivity contribution is -0.136. The quantitative estimate of drug-likeness (QED) is 0.594. The molecule has 144 valence electrons. The van der Waals surface area contributed by atoms with E-state index in [0.717, 1.165) is 25.0 Å². The number of hydrogen-bond donors (Lipinski definition) is 0. The Bertz CT molecular complexity index is 672. The molecular formula is C21H27N3O3. The predicted octanol–water partition coefficient (Wildman–Crippen LogP) is 3.43. The SMILES string of the molecule is C#CCCC1(CCC(=O)N(CCOc2ccccc2)C2CCOCC2)N=N1. The van der Waals surface area contributed by atoms with E-state index in [1.807, 2.05) is 35.2 Å². The first-order chi connectivity index (χ1) is 13.2. The van der Waals surface area contributed by atoms with Crippen molar-refractivity contribution >= 4 is 5.91 Å². The van der Waals surface area contributed by atoms with Gasteiger partial charge in [-0.05, 0) is 25.0 Å². The Morgan fingerprint density at radius 1 is 1.26 bits per heavy atom. The van der Waals surface area contributed by atoms with Crippen LogP contribution in [0, 0.1) is 12.3 Å². The summed E-state index contributed by atoms with van der Waals surface area (Å²) >= 11 is 0. The van der Waals surface area contributed by atoms with Crippen molar-refractivity contribution in [1.29, 1.82) is 0 Å². The van der Waals surface area contributed by atoms with Crippen molar-refractivity contribution in [2.75, 3.05) is 26.4 Å². The lowest BCUT2D eigenvalue weighted by Gasteiger charge is -2.34. The second-order valence-electron chi connectivity index (χ2n) is 6.98. The van der Waals surface area contributed by atoms with Crippen LogP contribution < -0.4 is 4.74 Å². The summed E-state index contributed by atoms with van der Waals surface area (Å²) in [5.41, 5.74) is -0.413. The smallest absolute Gasteiger partial charge is 0.223 e. The van der Waals surface area contributed by atoms with E-state index in [-0.39, 0.29) is 11.9 Å². The van der Waals surface area contributed by atoms with Gasteiger partial charge in [0, 0.05) is 44.9 Å². The van der Waals surface area contributed by atoms with Crippen molar-refractivity contribution in [2.24, 2.45) is 10.2 Å². The highest BCUT2D eigenvalue weighted by atomic mass is 16.5. The average Bonchev–Trinajstić information content (AvgIpc) is 3.50. The summed E-state index contributed by atoms with van der Waals surface area (Å²) in [6, 6.07) is 9.89. The van der Waals surface area contributed by atoms with Gasteiger partial charge in [0.1, 0.15) is 12.4 Å². The zero-order valence-electron chi connectivity index (χ0n) is 15.7. The molecule has 1 amide bonds. The average molecular weight is 369 g/mol. The molecule has 3 rings (SSSR count). The molecule has 27 heavy (non-hydrogen) atoms. The molecule has 6 heteroatoms. The molecule has 0 bridgehead atoms. The Balaban J connectivity index is 1.52. The van der Waals surface area contributed by atoms with Crippen LogP contribution in [0.1, 0.15) is 38.5 Å². The van der Waals surface area contributed by atoms with Gasteiger partial charge in [0.2, 0.25) is 5.91 Å². The number of carbonyl (C=O) groups is 1. The number of carbonyl (C=O) groups excluding carboxylic acids is 1. The first-order valence-electron chi connectivity index (χ1n) is 9.65. The van der Waals surface area contributed by atoms with Gasteiger partial charge in [-0.2, -0.15) is 10.2 Å². The predicted molar refractivity (Wildman–Crippen MR) is 102 cm³/mol. The van der Waals surface area contributed by atoms with Crippen molar-refractivity contribution in [3.8, 4) is 18.1 Å². The molecule has 0 spiro atoms. The Morgan fingerprint density at radius 3 is 2.67 bits per heavy atom. The molecule has 0 aliphatic carbocycles. The van der Waals surface area contributed by atoms with Crippen LogP contribution in [0.15, 0.2) is 40.6 Å². The van der Waals surface area contributed by atoms with E-state index in [1.165, 1.54) is 0 Å². The number of ether oxygens (including phenoxy) is 2.